The molecule has 0 fully saturated rings. The Morgan fingerprint density at radius 3 is 2.10 bits per heavy atom. The monoisotopic (exact) mass is 266 g/mol. The van der Waals surface area contributed by atoms with E-state index < -0.39 is 5.97 Å². The van der Waals surface area contributed by atoms with E-state index in [1.165, 1.54) is 0 Å². The van der Waals surface area contributed by atoms with Crippen molar-refractivity contribution in [3.05, 3.63) is 72.3 Å². The zero-order chi connectivity index (χ0) is 14.5. The Morgan fingerprint density at radius 1 is 1.05 bits per heavy atom. The van der Waals surface area contributed by atoms with Crippen molar-refractivity contribution in [3.63, 3.8) is 0 Å². The average Bonchev–Trinajstić information content (AvgIpc) is 2.45. The second-order valence-corrected chi connectivity index (χ2v) is 4.98. The molecular weight excluding hydrogens is 248 g/mol. The number of rotatable bonds is 5. The SMILES string of the molecule is C=C(C)C(CC(=O)O)c1ccc(-c2ccccc2)cc1. The van der Waals surface area contributed by atoms with E-state index in [0.29, 0.717) is 0 Å². The van der Waals surface area contributed by atoms with Crippen molar-refractivity contribution in [3.8, 4) is 11.1 Å². The van der Waals surface area contributed by atoms with Crippen molar-refractivity contribution < 1.29 is 9.90 Å². The average molecular weight is 266 g/mol. The van der Waals surface area contributed by atoms with E-state index in [0.717, 1.165) is 22.3 Å². The summed E-state index contributed by atoms with van der Waals surface area (Å²) in [6, 6.07) is 18.2. The van der Waals surface area contributed by atoms with Crippen LogP contribution in [0.15, 0.2) is 66.7 Å². The Balaban J connectivity index is 2.27. The van der Waals surface area contributed by atoms with Gasteiger partial charge in [0.2, 0.25) is 0 Å². The van der Waals surface area contributed by atoms with Crippen molar-refractivity contribution >= 4 is 5.97 Å². The molecule has 0 aliphatic rings. The van der Waals surface area contributed by atoms with Crippen LogP contribution in [0.25, 0.3) is 11.1 Å². The molecule has 2 aromatic carbocycles. The van der Waals surface area contributed by atoms with Gasteiger partial charge in [-0.1, -0.05) is 66.7 Å². The van der Waals surface area contributed by atoms with Gasteiger partial charge in [0.25, 0.3) is 0 Å². The number of aliphatic carboxylic acids is 1. The normalized spacial score (nSPS) is 11.8. The molecule has 1 unspecified atom stereocenters. The molecule has 1 N–H and O–H groups in total. The van der Waals surface area contributed by atoms with Gasteiger partial charge in [-0.25, -0.2) is 0 Å². The molecule has 0 spiro atoms. The highest BCUT2D eigenvalue weighted by atomic mass is 16.4. The molecule has 1 atom stereocenters. The summed E-state index contributed by atoms with van der Waals surface area (Å²) >= 11 is 0. The van der Waals surface area contributed by atoms with Gasteiger partial charge in [0, 0.05) is 5.92 Å². The van der Waals surface area contributed by atoms with Gasteiger partial charge in [-0.2, -0.15) is 0 Å². The molecule has 102 valence electrons. The lowest BCUT2D eigenvalue weighted by atomic mass is 9.89. The van der Waals surface area contributed by atoms with Gasteiger partial charge in [0.05, 0.1) is 6.42 Å². The Morgan fingerprint density at radius 2 is 1.60 bits per heavy atom. The number of hydrogen-bond donors (Lipinski definition) is 1. The number of carboxylic acids is 1. The maximum Gasteiger partial charge on any atom is 0.304 e. The summed E-state index contributed by atoms with van der Waals surface area (Å²) in [6.07, 6.45) is 0.0834. The van der Waals surface area contributed by atoms with Crippen molar-refractivity contribution in [1.82, 2.24) is 0 Å². The van der Waals surface area contributed by atoms with Crippen molar-refractivity contribution in [1.29, 1.82) is 0 Å². The molecule has 0 heterocycles. The molecule has 0 aromatic heterocycles. The van der Waals surface area contributed by atoms with Gasteiger partial charge in [0.15, 0.2) is 0 Å². The van der Waals surface area contributed by atoms with E-state index in [9.17, 15) is 4.79 Å². The topological polar surface area (TPSA) is 37.3 Å². The van der Waals surface area contributed by atoms with Crippen LogP contribution < -0.4 is 0 Å². The van der Waals surface area contributed by atoms with Gasteiger partial charge >= 0.3 is 5.97 Å². The molecule has 0 aliphatic heterocycles. The smallest absolute Gasteiger partial charge is 0.304 e. The summed E-state index contributed by atoms with van der Waals surface area (Å²) in [5.74, 6) is -0.928. The van der Waals surface area contributed by atoms with Gasteiger partial charge < -0.3 is 5.11 Å². The zero-order valence-electron chi connectivity index (χ0n) is 11.5. The summed E-state index contributed by atoms with van der Waals surface area (Å²) in [5, 5.41) is 8.99. The summed E-state index contributed by atoms with van der Waals surface area (Å²) in [4.78, 5) is 10.9. The van der Waals surface area contributed by atoms with Crippen LogP contribution >= 0.6 is 0 Å². The highest BCUT2D eigenvalue weighted by molar-refractivity contribution is 5.69. The lowest BCUT2D eigenvalue weighted by molar-refractivity contribution is -0.137. The third-order valence-electron chi connectivity index (χ3n) is 3.39. The number of carbonyl (C=O) groups is 1. The maximum atomic E-state index is 10.9. The van der Waals surface area contributed by atoms with E-state index in [2.05, 4.69) is 18.7 Å². The zero-order valence-corrected chi connectivity index (χ0v) is 11.5. The quantitative estimate of drug-likeness (QED) is 0.810. The second kappa shape index (κ2) is 6.20. The molecule has 2 heteroatoms. The van der Waals surface area contributed by atoms with E-state index in [-0.39, 0.29) is 12.3 Å². The predicted molar refractivity (Wildman–Crippen MR) is 81.7 cm³/mol. The highest BCUT2D eigenvalue weighted by Gasteiger charge is 2.16. The first kappa shape index (κ1) is 14.1. The molecule has 2 aromatic rings. The Bertz CT molecular complexity index is 597. The highest BCUT2D eigenvalue weighted by Crippen LogP contribution is 2.28. The molecule has 20 heavy (non-hydrogen) atoms. The van der Waals surface area contributed by atoms with Crippen molar-refractivity contribution in [2.24, 2.45) is 0 Å². The number of carboxylic acid groups (broad SMARTS) is 1. The third-order valence-corrected chi connectivity index (χ3v) is 3.39. The molecule has 2 rings (SSSR count). The number of benzene rings is 2. The summed E-state index contributed by atoms with van der Waals surface area (Å²) < 4.78 is 0. The van der Waals surface area contributed by atoms with Crippen LogP contribution in [0.5, 0.6) is 0 Å². The molecule has 0 saturated carbocycles. The standard InChI is InChI=1S/C18H18O2/c1-13(2)17(12-18(19)20)16-10-8-15(9-11-16)14-6-4-3-5-7-14/h3-11,17H,1,12H2,2H3,(H,19,20). The van der Waals surface area contributed by atoms with Crippen LogP contribution in [-0.4, -0.2) is 11.1 Å². The molecular formula is C18H18O2. The van der Waals surface area contributed by atoms with E-state index in [1.54, 1.807) is 0 Å². The van der Waals surface area contributed by atoms with Gasteiger partial charge in [-0.3, -0.25) is 4.79 Å². The Kier molecular flexibility index (Phi) is 4.36. The lowest BCUT2D eigenvalue weighted by Crippen LogP contribution is -2.07. The van der Waals surface area contributed by atoms with Crippen LogP contribution in [0, 0.1) is 0 Å². The minimum absolute atomic E-state index is 0.0834. The fraction of sp³-hybridized carbons (Fsp3) is 0.167. The molecule has 0 bridgehead atoms. The predicted octanol–water partition coefficient (Wildman–Crippen LogP) is 4.49. The van der Waals surface area contributed by atoms with Gasteiger partial charge in [-0.15, -0.1) is 0 Å². The van der Waals surface area contributed by atoms with Crippen LogP contribution in [0.2, 0.25) is 0 Å². The maximum absolute atomic E-state index is 10.9. The van der Waals surface area contributed by atoms with Crippen molar-refractivity contribution in [2.45, 2.75) is 19.3 Å². The number of hydrogen-bond acceptors (Lipinski definition) is 1. The third kappa shape index (κ3) is 3.35. The molecule has 0 radical (unpaired) electrons. The lowest BCUT2D eigenvalue weighted by Gasteiger charge is -2.15. The van der Waals surface area contributed by atoms with E-state index in [4.69, 9.17) is 5.11 Å². The first-order valence-electron chi connectivity index (χ1n) is 6.60. The van der Waals surface area contributed by atoms with Crippen molar-refractivity contribution in [2.75, 3.05) is 0 Å². The Hall–Kier alpha value is -2.35. The second-order valence-electron chi connectivity index (χ2n) is 4.98. The number of allylic oxidation sites excluding steroid dienone is 1. The fourth-order valence-electron chi connectivity index (χ4n) is 2.29. The van der Waals surface area contributed by atoms with Crippen LogP contribution in [0.3, 0.4) is 0 Å². The summed E-state index contributed by atoms with van der Waals surface area (Å²) in [7, 11) is 0. The minimum atomic E-state index is -0.801. The van der Waals surface area contributed by atoms with Gasteiger partial charge in [0.1, 0.15) is 0 Å². The summed E-state index contributed by atoms with van der Waals surface area (Å²) in [5.41, 5.74) is 4.16. The van der Waals surface area contributed by atoms with Crippen LogP contribution in [-0.2, 0) is 4.79 Å². The largest absolute Gasteiger partial charge is 0.481 e. The molecule has 0 saturated heterocycles. The Labute approximate surface area is 119 Å². The minimum Gasteiger partial charge on any atom is -0.481 e. The van der Waals surface area contributed by atoms with E-state index >= 15 is 0 Å². The van der Waals surface area contributed by atoms with E-state index in [1.807, 2.05) is 49.4 Å². The van der Waals surface area contributed by atoms with Crippen LogP contribution in [0.1, 0.15) is 24.8 Å². The summed E-state index contributed by atoms with van der Waals surface area (Å²) in [6.45, 7) is 5.78. The fourth-order valence-corrected chi connectivity index (χ4v) is 2.29. The van der Waals surface area contributed by atoms with Gasteiger partial charge in [-0.05, 0) is 23.6 Å². The first-order chi connectivity index (χ1) is 9.58. The molecule has 2 nitrogen and oxygen atoms in total. The molecule has 0 amide bonds. The van der Waals surface area contributed by atoms with Crippen LogP contribution in [0.4, 0.5) is 0 Å². The first-order valence-corrected chi connectivity index (χ1v) is 6.60. The molecule has 0 aliphatic carbocycles.